The Morgan fingerprint density at radius 2 is 1.83 bits per heavy atom. The van der Waals surface area contributed by atoms with E-state index in [1.54, 1.807) is 19.4 Å². The predicted molar refractivity (Wildman–Crippen MR) is 116 cm³/mol. The molecule has 0 radical (unpaired) electrons. The van der Waals surface area contributed by atoms with Crippen molar-refractivity contribution in [3.8, 4) is 22.6 Å². The molecule has 1 amide bonds. The molecule has 2 aromatic carbocycles. The fourth-order valence-corrected chi connectivity index (χ4v) is 3.41. The van der Waals surface area contributed by atoms with E-state index in [0.717, 1.165) is 50.3 Å². The molecule has 5 heteroatoms. The smallest absolute Gasteiger partial charge is 0.244 e. The van der Waals surface area contributed by atoms with Gasteiger partial charge in [-0.05, 0) is 57.0 Å². The van der Waals surface area contributed by atoms with Crippen LogP contribution >= 0.6 is 0 Å². The van der Waals surface area contributed by atoms with Crippen molar-refractivity contribution in [2.45, 2.75) is 27.7 Å². The van der Waals surface area contributed by atoms with E-state index in [9.17, 15) is 4.79 Å². The monoisotopic (exact) mass is 393 g/mol. The summed E-state index contributed by atoms with van der Waals surface area (Å²) < 4.78 is 17.4. The van der Waals surface area contributed by atoms with Gasteiger partial charge >= 0.3 is 0 Å². The van der Waals surface area contributed by atoms with Crippen LogP contribution in [0.3, 0.4) is 0 Å². The first kappa shape index (κ1) is 20.5. The lowest BCUT2D eigenvalue weighted by atomic mass is 9.96. The number of ether oxygens (including phenoxy) is 2. The van der Waals surface area contributed by atoms with E-state index in [1.807, 2.05) is 58.0 Å². The fraction of sp³-hybridized carbons (Fsp3) is 0.292. The number of furan rings is 1. The van der Waals surface area contributed by atoms with Crippen LogP contribution in [0.2, 0.25) is 0 Å². The lowest BCUT2D eigenvalue weighted by Crippen LogP contribution is -2.14. The van der Waals surface area contributed by atoms with Crippen molar-refractivity contribution in [2.75, 3.05) is 20.3 Å². The summed E-state index contributed by atoms with van der Waals surface area (Å²) in [6, 6.07) is 9.99. The van der Waals surface area contributed by atoms with Crippen molar-refractivity contribution in [1.29, 1.82) is 0 Å². The highest BCUT2D eigenvalue weighted by Gasteiger charge is 2.19. The summed E-state index contributed by atoms with van der Waals surface area (Å²) in [6.07, 6.45) is 3.35. The number of allylic oxidation sites excluding steroid dienone is 1. The van der Waals surface area contributed by atoms with Crippen LogP contribution in [-0.4, -0.2) is 26.2 Å². The molecule has 0 spiro atoms. The van der Waals surface area contributed by atoms with Crippen LogP contribution in [0.5, 0.6) is 11.5 Å². The maximum Gasteiger partial charge on any atom is 0.244 e. The predicted octanol–water partition coefficient (Wildman–Crippen LogP) is 5.35. The number of nitrogens with one attached hydrogen (secondary N) is 1. The van der Waals surface area contributed by atoms with Gasteiger partial charge in [-0.1, -0.05) is 12.1 Å². The van der Waals surface area contributed by atoms with E-state index in [2.05, 4.69) is 5.32 Å². The average molecular weight is 393 g/mol. The second-order valence-electron chi connectivity index (χ2n) is 6.74. The summed E-state index contributed by atoms with van der Waals surface area (Å²) in [5.41, 5.74) is 5.44. The van der Waals surface area contributed by atoms with Crippen molar-refractivity contribution in [3.63, 3.8) is 0 Å². The SMILES string of the molecule is CCOc1ccc(-c2coc3c(C)c(OCC)c(/C(C)=C/C(=O)NC)cc23)cc1. The van der Waals surface area contributed by atoms with Crippen molar-refractivity contribution in [2.24, 2.45) is 0 Å². The molecule has 3 rings (SSSR count). The van der Waals surface area contributed by atoms with Crippen molar-refractivity contribution in [3.05, 3.63) is 53.8 Å². The number of benzene rings is 2. The number of likely N-dealkylation sites (N-methyl/N-ethyl adjacent to an activating group) is 1. The topological polar surface area (TPSA) is 60.7 Å². The third kappa shape index (κ3) is 4.14. The molecule has 0 atom stereocenters. The van der Waals surface area contributed by atoms with Gasteiger partial charge in [-0.3, -0.25) is 4.79 Å². The van der Waals surface area contributed by atoms with Crippen LogP contribution in [0.25, 0.3) is 27.7 Å². The van der Waals surface area contributed by atoms with Gasteiger partial charge in [0.1, 0.15) is 17.1 Å². The van der Waals surface area contributed by atoms with Crippen LogP contribution in [-0.2, 0) is 4.79 Å². The number of hydrogen-bond donors (Lipinski definition) is 1. The molecule has 0 fully saturated rings. The molecule has 3 aromatic rings. The van der Waals surface area contributed by atoms with E-state index in [-0.39, 0.29) is 5.91 Å². The molecular weight excluding hydrogens is 366 g/mol. The molecule has 0 unspecified atom stereocenters. The minimum absolute atomic E-state index is 0.151. The Balaban J connectivity index is 2.18. The van der Waals surface area contributed by atoms with Gasteiger partial charge in [-0.15, -0.1) is 0 Å². The van der Waals surface area contributed by atoms with E-state index in [4.69, 9.17) is 13.9 Å². The van der Waals surface area contributed by atoms with Crippen LogP contribution in [0.15, 0.2) is 47.1 Å². The van der Waals surface area contributed by atoms with Gasteiger partial charge in [0.2, 0.25) is 5.91 Å². The molecule has 1 heterocycles. The summed E-state index contributed by atoms with van der Waals surface area (Å²) in [4.78, 5) is 11.9. The Hall–Kier alpha value is -3.21. The van der Waals surface area contributed by atoms with Gasteiger partial charge in [0.15, 0.2) is 0 Å². The molecule has 0 bridgehead atoms. The number of rotatable bonds is 7. The number of hydrogen-bond acceptors (Lipinski definition) is 4. The van der Waals surface area contributed by atoms with Gasteiger partial charge in [0, 0.05) is 35.2 Å². The number of fused-ring (bicyclic) bond motifs is 1. The first-order valence-corrected chi connectivity index (χ1v) is 9.81. The zero-order valence-corrected chi connectivity index (χ0v) is 17.6. The first-order valence-electron chi connectivity index (χ1n) is 9.81. The third-order valence-electron chi connectivity index (χ3n) is 4.83. The Labute approximate surface area is 171 Å². The minimum Gasteiger partial charge on any atom is -0.494 e. The second kappa shape index (κ2) is 8.86. The maximum absolute atomic E-state index is 11.9. The molecule has 29 heavy (non-hydrogen) atoms. The van der Waals surface area contributed by atoms with Gasteiger partial charge < -0.3 is 19.2 Å². The molecule has 0 aliphatic heterocycles. The minimum atomic E-state index is -0.151. The number of carbonyl (C=O) groups excluding carboxylic acids is 1. The van der Waals surface area contributed by atoms with E-state index in [0.29, 0.717) is 13.2 Å². The lowest BCUT2D eigenvalue weighted by molar-refractivity contribution is -0.116. The molecule has 5 nitrogen and oxygen atoms in total. The van der Waals surface area contributed by atoms with Crippen molar-refractivity contribution >= 4 is 22.4 Å². The normalized spacial score (nSPS) is 11.6. The van der Waals surface area contributed by atoms with E-state index >= 15 is 0 Å². The largest absolute Gasteiger partial charge is 0.494 e. The van der Waals surface area contributed by atoms with Gasteiger partial charge in [0.05, 0.1) is 19.5 Å². The van der Waals surface area contributed by atoms with Crippen molar-refractivity contribution < 1.29 is 18.7 Å². The number of carbonyl (C=O) groups is 1. The number of amides is 1. The molecule has 152 valence electrons. The average Bonchev–Trinajstić information content (AvgIpc) is 3.15. The van der Waals surface area contributed by atoms with E-state index in [1.165, 1.54) is 0 Å². The number of aryl methyl sites for hydroxylation is 1. The molecule has 1 N–H and O–H groups in total. The maximum atomic E-state index is 11.9. The Morgan fingerprint density at radius 3 is 2.45 bits per heavy atom. The molecule has 1 aromatic heterocycles. The highest BCUT2D eigenvalue weighted by atomic mass is 16.5. The van der Waals surface area contributed by atoms with Crippen LogP contribution < -0.4 is 14.8 Å². The standard InChI is InChI=1S/C24H27NO4/c1-6-27-18-10-8-17(9-11-18)21-14-29-24-16(4)23(28-7-2)19(13-20(21)24)15(3)12-22(26)25-5/h8-14H,6-7H2,1-5H3,(H,25,26)/b15-12+. The summed E-state index contributed by atoms with van der Waals surface area (Å²) in [6.45, 7) is 8.96. The fourth-order valence-electron chi connectivity index (χ4n) is 3.41. The third-order valence-corrected chi connectivity index (χ3v) is 4.83. The highest BCUT2D eigenvalue weighted by Crippen LogP contribution is 2.41. The molecule has 0 saturated heterocycles. The Morgan fingerprint density at radius 1 is 1.14 bits per heavy atom. The summed E-state index contributed by atoms with van der Waals surface area (Å²) in [5.74, 6) is 1.43. The molecule has 0 saturated carbocycles. The zero-order chi connectivity index (χ0) is 21.0. The van der Waals surface area contributed by atoms with Crippen LogP contribution in [0.4, 0.5) is 0 Å². The van der Waals surface area contributed by atoms with E-state index < -0.39 is 0 Å². The van der Waals surface area contributed by atoms with Gasteiger partial charge in [-0.25, -0.2) is 0 Å². The lowest BCUT2D eigenvalue weighted by Gasteiger charge is -2.15. The van der Waals surface area contributed by atoms with Gasteiger partial charge in [0.25, 0.3) is 0 Å². The second-order valence-corrected chi connectivity index (χ2v) is 6.74. The van der Waals surface area contributed by atoms with Crippen LogP contribution in [0.1, 0.15) is 31.9 Å². The molecule has 0 aliphatic rings. The summed E-state index contributed by atoms with van der Waals surface area (Å²) >= 11 is 0. The van der Waals surface area contributed by atoms with Gasteiger partial charge in [-0.2, -0.15) is 0 Å². The first-order chi connectivity index (χ1) is 14.0. The Kier molecular flexibility index (Phi) is 6.27. The van der Waals surface area contributed by atoms with Crippen molar-refractivity contribution in [1.82, 2.24) is 5.32 Å². The quantitative estimate of drug-likeness (QED) is 0.549. The zero-order valence-electron chi connectivity index (χ0n) is 17.6. The summed E-state index contributed by atoms with van der Waals surface area (Å²) in [7, 11) is 1.62. The Bertz CT molecular complexity index is 1040. The highest BCUT2D eigenvalue weighted by molar-refractivity contribution is 6.01. The molecular formula is C24H27NO4. The molecule has 0 aliphatic carbocycles. The van der Waals surface area contributed by atoms with Crippen LogP contribution in [0, 0.1) is 6.92 Å². The summed E-state index contributed by atoms with van der Waals surface area (Å²) in [5, 5.41) is 3.61.